The molecule has 6 nitrogen and oxygen atoms in total. The molecule has 2 heterocycles. The van der Waals surface area contributed by atoms with Crippen molar-refractivity contribution in [2.75, 3.05) is 6.61 Å². The summed E-state index contributed by atoms with van der Waals surface area (Å²) >= 11 is 0. The van der Waals surface area contributed by atoms with Gasteiger partial charge in [0.25, 0.3) is 0 Å². The van der Waals surface area contributed by atoms with Crippen LogP contribution >= 0.6 is 0 Å². The fraction of sp³-hybridized carbons (Fsp3) is 0.257. The molecule has 0 saturated heterocycles. The van der Waals surface area contributed by atoms with E-state index in [2.05, 4.69) is 0 Å². The molecule has 43 heavy (non-hydrogen) atoms. The second-order valence-electron chi connectivity index (χ2n) is 10.8. The van der Waals surface area contributed by atoms with Crippen LogP contribution < -0.4 is 9.47 Å². The van der Waals surface area contributed by atoms with Gasteiger partial charge in [-0.25, -0.2) is 9.59 Å². The minimum atomic E-state index is -0.292. The third kappa shape index (κ3) is 8.53. The maximum absolute atomic E-state index is 12.3. The predicted molar refractivity (Wildman–Crippen MR) is 169 cm³/mol. The standard InChI is InChI=1S/C18H18O3.C17H16O3.2Na/c1-12(2)11-20-18(19)14-7-5-9-17-15(14)10-13-6-3-4-8-16(13)21-17;1-11(2)19-17(18)13-7-5-9-16-14(13)10-12-6-3-4-8-15(12)20-16;;/h3-9,12H,10-11H2,1-2H3;3-9,11H,10H2,1-2H3;;. The van der Waals surface area contributed by atoms with Crippen molar-refractivity contribution >= 4 is 71.1 Å². The fourth-order valence-corrected chi connectivity index (χ4v) is 4.78. The second kappa shape index (κ2) is 15.9. The number of ether oxygens (including phenoxy) is 4. The Labute approximate surface area is 297 Å². The van der Waals surface area contributed by atoms with Gasteiger partial charge >= 0.3 is 11.9 Å². The topological polar surface area (TPSA) is 71.1 Å². The van der Waals surface area contributed by atoms with E-state index in [4.69, 9.17) is 18.9 Å². The summed E-state index contributed by atoms with van der Waals surface area (Å²) in [6.45, 7) is 8.16. The molecule has 0 unspecified atom stereocenters. The van der Waals surface area contributed by atoms with Gasteiger partial charge in [0.1, 0.15) is 23.0 Å². The first-order valence-electron chi connectivity index (χ1n) is 13.9. The van der Waals surface area contributed by atoms with Crippen molar-refractivity contribution in [1.82, 2.24) is 0 Å². The van der Waals surface area contributed by atoms with Crippen molar-refractivity contribution in [3.8, 4) is 23.0 Å². The van der Waals surface area contributed by atoms with Crippen LogP contribution in [0.3, 0.4) is 0 Å². The molecular weight excluding hydrogens is 562 g/mol. The van der Waals surface area contributed by atoms with Crippen LogP contribution in [0.15, 0.2) is 84.9 Å². The average molecular weight is 597 g/mol. The molecule has 4 aromatic carbocycles. The van der Waals surface area contributed by atoms with Crippen LogP contribution in [0.2, 0.25) is 0 Å². The van der Waals surface area contributed by atoms with E-state index >= 15 is 0 Å². The van der Waals surface area contributed by atoms with E-state index in [1.54, 1.807) is 12.1 Å². The van der Waals surface area contributed by atoms with Gasteiger partial charge in [-0.3, -0.25) is 0 Å². The van der Waals surface area contributed by atoms with E-state index in [9.17, 15) is 9.59 Å². The Kier molecular flexibility index (Phi) is 12.9. The van der Waals surface area contributed by atoms with Gasteiger partial charge in [-0.2, -0.15) is 0 Å². The molecule has 8 heteroatoms. The Balaban J connectivity index is 0.000000225. The summed E-state index contributed by atoms with van der Waals surface area (Å²) in [7, 11) is 0. The number of esters is 2. The van der Waals surface area contributed by atoms with Crippen LogP contribution in [-0.4, -0.2) is 83.8 Å². The molecule has 0 amide bonds. The first kappa shape index (κ1) is 34.9. The molecule has 0 fully saturated rings. The van der Waals surface area contributed by atoms with E-state index in [-0.39, 0.29) is 77.2 Å². The molecule has 2 aliphatic heterocycles. The average Bonchev–Trinajstić information content (AvgIpc) is 2.97. The summed E-state index contributed by atoms with van der Waals surface area (Å²) in [5.41, 5.74) is 5.18. The molecule has 0 saturated carbocycles. The van der Waals surface area contributed by atoms with Gasteiger partial charge in [0, 0.05) is 83.1 Å². The van der Waals surface area contributed by atoms with Gasteiger partial charge in [-0.05, 0) is 67.3 Å². The first-order chi connectivity index (χ1) is 19.8. The number of para-hydroxylation sites is 2. The van der Waals surface area contributed by atoms with Gasteiger partial charge in [-0.15, -0.1) is 0 Å². The predicted octanol–water partition coefficient (Wildman–Crippen LogP) is 7.38. The quantitative estimate of drug-likeness (QED) is 0.153. The molecule has 0 aromatic heterocycles. The maximum atomic E-state index is 12.3. The molecule has 2 radical (unpaired) electrons. The normalized spacial score (nSPS) is 11.8. The molecule has 4 aromatic rings. The van der Waals surface area contributed by atoms with Crippen molar-refractivity contribution < 1.29 is 28.5 Å². The van der Waals surface area contributed by atoms with Crippen LogP contribution in [0.5, 0.6) is 23.0 Å². The SMILES string of the molecule is CC(C)COC(=O)c1cccc2c1Cc1ccccc1O2.CC(C)OC(=O)c1cccc2c1Cc1ccccc1O2.[Na].[Na]. The molecular formula is C35H34Na2O6. The Morgan fingerprint density at radius 1 is 0.628 bits per heavy atom. The number of carbonyl (C=O) groups is 2. The molecule has 0 N–H and O–H groups in total. The van der Waals surface area contributed by atoms with E-state index < -0.39 is 0 Å². The van der Waals surface area contributed by atoms with Crippen LogP contribution in [0.4, 0.5) is 0 Å². The smallest absolute Gasteiger partial charge is 0.338 e. The number of benzene rings is 4. The van der Waals surface area contributed by atoms with E-state index in [1.807, 2.05) is 100 Å². The summed E-state index contributed by atoms with van der Waals surface area (Å²) < 4.78 is 22.4. The summed E-state index contributed by atoms with van der Waals surface area (Å²) in [5.74, 6) is 2.95. The van der Waals surface area contributed by atoms with E-state index in [0.29, 0.717) is 36.5 Å². The molecule has 2 aliphatic rings. The van der Waals surface area contributed by atoms with Gasteiger partial charge < -0.3 is 18.9 Å². The van der Waals surface area contributed by atoms with Gasteiger partial charge in [0.05, 0.1) is 23.8 Å². The zero-order valence-electron chi connectivity index (χ0n) is 25.8. The third-order valence-electron chi connectivity index (χ3n) is 6.72. The van der Waals surface area contributed by atoms with Crippen molar-refractivity contribution in [2.45, 2.75) is 46.6 Å². The van der Waals surface area contributed by atoms with E-state index in [0.717, 1.165) is 45.3 Å². The van der Waals surface area contributed by atoms with Crippen LogP contribution in [0, 0.1) is 5.92 Å². The molecule has 0 spiro atoms. The third-order valence-corrected chi connectivity index (χ3v) is 6.72. The number of rotatable bonds is 5. The van der Waals surface area contributed by atoms with Crippen LogP contribution in [0.1, 0.15) is 70.7 Å². The first-order valence-corrected chi connectivity index (χ1v) is 13.9. The van der Waals surface area contributed by atoms with Crippen molar-refractivity contribution in [1.29, 1.82) is 0 Å². The fourth-order valence-electron chi connectivity index (χ4n) is 4.78. The monoisotopic (exact) mass is 596 g/mol. The Hall–Kier alpha value is -2.58. The maximum Gasteiger partial charge on any atom is 0.338 e. The molecule has 6 rings (SSSR count). The number of hydrogen-bond acceptors (Lipinski definition) is 6. The van der Waals surface area contributed by atoms with Crippen molar-refractivity contribution in [2.24, 2.45) is 5.92 Å². The minimum absolute atomic E-state index is 0. The van der Waals surface area contributed by atoms with Gasteiger partial charge in [0.15, 0.2) is 0 Å². The molecule has 212 valence electrons. The van der Waals surface area contributed by atoms with Gasteiger partial charge in [0.2, 0.25) is 0 Å². The van der Waals surface area contributed by atoms with Gasteiger partial charge in [-0.1, -0.05) is 62.4 Å². The summed E-state index contributed by atoms with van der Waals surface area (Å²) in [6, 6.07) is 26.8. The summed E-state index contributed by atoms with van der Waals surface area (Å²) in [5, 5.41) is 0. The Morgan fingerprint density at radius 2 is 1.07 bits per heavy atom. The largest absolute Gasteiger partial charge is 0.462 e. The second-order valence-corrected chi connectivity index (χ2v) is 10.8. The molecule has 0 bridgehead atoms. The van der Waals surface area contributed by atoms with Crippen LogP contribution in [0.25, 0.3) is 0 Å². The number of fused-ring (bicyclic) bond motifs is 4. The Bertz CT molecular complexity index is 1580. The summed E-state index contributed by atoms with van der Waals surface area (Å²) in [4.78, 5) is 24.4. The zero-order valence-corrected chi connectivity index (χ0v) is 29.8. The number of carbonyl (C=O) groups excluding carboxylic acids is 2. The van der Waals surface area contributed by atoms with E-state index in [1.165, 1.54) is 0 Å². The number of hydrogen-bond donors (Lipinski definition) is 0. The Morgan fingerprint density at radius 3 is 1.53 bits per heavy atom. The summed E-state index contributed by atoms with van der Waals surface area (Å²) in [6.07, 6.45) is 1.25. The minimum Gasteiger partial charge on any atom is -0.462 e. The molecule has 0 aliphatic carbocycles. The van der Waals surface area contributed by atoms with Crippen molar-refractivity contribution in [3.05, 3.63) is 118 Å². The van der Waals surface area contributed by atoms with Crippen LogP contribution in [-0.2, 0) is 22.3 Å². The molecule has 0 atom stereocenters. The zero-order chi connectivity index (χ0) is 28.9. The van der Waals surface area contributed by atoms with Crippen molar-refractivity contribution in [3.63, 3.8) is 0 Å².